The minimum atomic E-state index is -0.626. The summed E-state index contributed by atoms with van der Waals surface area (Å²) in [4.78, 5) is 4.56. The van der Waals surface area contributed by atoms with Crippen LogP contribution in [0.4, 0.5) is 4.39 Å². The van der Waals surface area contributed by atoms with Crippen LogP contribution < -0.4 is 5.73 Å². The molecule has 2 aliphatic heterocycles. The van der Waals surface area contributed by atoms with Gasteiger partial charge >= 0.3 is 0 Å². The van der Waals surface area contributed by atoms with Gasteiger partial charge in [0.15, 0.2) is 5.17 Å². The lowest BCUT2D eigenvalue weighted by atomic mass is 9.76. The van der Waals surface area contributed by atoms with Crippen molar-refractivity contribution in [2.45, 2.75) is 12.0 Å². The Labute approximate surface area is 110 Å². The summed E-state index contributed by atoms with van der Waals surface area (Å²) in [6.45, 7) is 1.14. The minimum Gasteiger partial charge on any atom is -0.379 e. The van der Waals surface area contributed by atoms with E-state index in [2.05, 4.69) is 4.99 Å². The number of rotatable bonds is 1. The highest BCUT2D eigenvalue weighted by Gasteiger charge is 2.46. The zero-order valence-electron chi connectivity index (χ0n) is 9.93. The number of benzene rings is 1. The highest BCUT2D eigenvalue weighted by Crippen LogP contribution is 2.44. The third kappa shape index (κ3) is 1.82. The molecule has 0 bridgehead atoms. The summed E-state index contributed by atoms with van der Waals surface area (Å²) in [6.07, 6.45) is 0.901. The fraction of sp³-hybridized carbons (Fsp3) is 0.462. The van der Waals surface area contributed by atoms with Crippen molar-refractivity contribution < 1.29 is 9.13 Å². The summed E-state index contributed by atoms with van der Waals surface area (Å²) in [7, 11) is 0. The van der Waals surface area contributed by atoms with Crippen molar-refractivity contribution in [3.63, 3.8) is 0 Å². The molecule has 2 atom stereocenters. The molecular weight excluding hydrogens is 251 g/mol. The van der Waals surface area contributed by atoms with E-state index in [1.165, 1.54) is 6.07 Å². The molecule has 2 N–H and O–H groups in total. The fourth-order valence-electron chi connectivity index (χ4n) is 2.74. The molecule has 1 aromatic rings. The van der Waals surface area contributed by atoms with Crippen LogP contribution in [0.25, 0.3) is 0 Å². The second-order valence-corrected chi connectivity index (χ2v) is 5.74. The molecule has 1 aromatic carbocycles. The molecule has 5 heteroatoms. The monoisotopic (exact) mass is 266 g/mol. The van der Waals surface area contributed by atoms with E-state index in [9.17, 15) is 4.39 Å². The molecule has 0 amide bonds. The van der Waals surface area contributed by atoms with Crippen LogP contribution in [0, 0.1) is 11.7 Å². The van der Waals surface area contributed by atoms with Crippen molar-refractivity contribution in [1.29, 1.82) is 0 Å². The zero-order chi connectivity index (χ0) is 12.6. The van der Waals surface area contributed by atoms with Gasteiger partial charge in [0.1, 0.15) is 11.4 Å². The van der Waals surface area contributed by atoms with Crippen LogP contribution in [0.5, 0.6) is 0 Å². The summed E-state index contributed by atoms with van der Waals surface area (Å²) in [5.74, 6) is 0.949. The Morgan fingerprint density at radius 3 is 3.11 bits per heavy atom. The number of amidine groups is 1. The van der Waals surface area contributed by atoms with Crippen molar-refractivity contribution in [2.24, 2.45) is 16.6 Å². The highest BCUT2D eigenvalue weighted by atomic mass is 32.2. The maximum atomic E-state index is 14.1. The molecular formula is C13H15FN2OS. The number of nitrogens with zero attached hydrogens (tertiary/aromatic N) is 1. The van der Waals surface area contributed by atoms with Crippen molar-refractivity contribution in [1.82, 2.24) is 0 Å². The van der Waals surface area contributed by atoms with Gasteiger partial charge in [-0.05, 0) is 12.5 Å². The molecule has 18 heavy (non-hydrogen) atoms. The topological polar surface area (TPSA) is 47.6 Å². The Morgan fingerprint density at radius 2 is 2.28 bits per heavy atom. The largest absolute Gasteiger partial charge is 0.379 e. The summed E-state index contributed by atoms with van der Waals surface area (Å²) < 4.78 is 19.7. The lowest BCUT2D eigenvalue weighted by Gasteiger charge is -2.43. The van der Waals surface area contributed by atoms with Crippen molar-refractivity contribution in [2.75, 3.05) is 19.0 Å². The lowest BCUT2D eigenvalue weighted by Crippen LogP contribution is -2.48. The van der Waals surface area contributed by atoms with Gasteiger partial charge in [0.2, 0.25) is 0 Å². The van der Waals surface area contributed by atoms with E-state index in [1.807, 2.05) is 6.07 Å². The Kier molecular flexibility index (Phi) is 3.03. The van der Waals surface area contributed by atoms with Gasteiger partial charge in [0, 0.05) is 23.8 Å². The third-order valence-corrected chi connectivity index (χ3v) is 4.65. The molecule has 1 saturated heterocycles. The maximum absolute atomic E-state index is 14.1. The molecule has 2 aliphatic rings. The number of fused-ring (bicyclic) bond motifs is 1. The lowest BCUT2D eigenvalue weighted by molar-refractivity contribution is 0.00301. The maximum Gasteiger partial charge on any atom is 0.154 e. The Morgan fingerprint density at radius 1 is 1.44 bits per heavy atom. The van der Waals surface area contributed by atoms with Crippen molar-refractivity contribution in [3.8, 4) is 0 Å². The normalized spacial score (nSPS) is 31.6. The van der Waals surface area contributed by atoms with Gasteiger partial charge in [-0.2, -0.15) is 0 Å². The molecule has 3 rings (SSSR count). The molecule has 0 saturated carbocycles. The van der Waals surface area contributed by atoms with Crippen molar-refractivity contribution in [3.05, 3.63) is 35.6 Å². The van der Waals surface area contributed by atoms with E-state index in [4.69, 9.17) is 10.5 Å². The van der Waals surface area contributed by atoms with Gasteiger partial charge in [-0.1, -0.05) is 30.0 Å². The molecule has 2 heterocycles. The fourth-order valence-corrected chi connectivity index (χ4v) is 3.78. The van der Waals surface area contributed by atoms with Crippen LogP contribution in [-0.4, -0.2) is 24.1 Å². The second kappa shape index (κ2) is 4.55. The van der Waals surface area contributed by atoms with Crippen LogP contribution in [0.15, 0.2) is 29.3 Å². The molecule has 0 radical (unpaired) electrons. The smallest absolute Gasteiger partial charge is 0.154 e. The predicted octanol–water partition coefficient (Wildman–Crippen LogP) is 2.12. The number of aliphatic imine (C=N–C) groups is 1. The zero-order valence-corrected chi connectivity index (χ0v) is 10.8. The van der Waals surface area contributed by atoms with E-state index in [0.29, 0.717) is 23.3 Å². The SMILES string of the molecule is NC1=NC2(c3ccccc3F)COCC[C@H]2CS1. The summed E-state index contributed by atoms with van der Waals surface area (Å²) in [6, 6.07) is 6.80. The minimum absolute atomic E-state index is 0.226. The molecule has 0 spiro atoms. The van der Waals surface area contributed by atoms with E-state index in [0.717, 1.165) is 18.8 Å². The molecule has 0 aromatic heterocycles. The Balaban J connectivity index is 2.13. The number of hydrogen-bond donors (Lipinski definition) is 1. The summed E-state index contributed by atoms with van der Waals surface area (Å²) >= 11 is 1.55. The van der Waals surface area contributed by atoms with Crippen LogP contribution >= 0.6 is 11.8 Å². The number of hydrogen-bond acceptors (Lipinski definition) is 4. The van der Waals surface area contributed by atoms with E-state index in [1.54, 1.807) is 23.9 Å². The number of thioether (sulfide) groups is 1. The molecule has 1 unspecified atom stereocenters. The van der Waals surface area contributed by atoms with Gasteiger partial charge in [0.25, 0.3) is 0 Å². The first-order chi connectivity index (χ1) is 8.72. The van der Waals surface area contributed by atoms with Gasteiger partial charge in [-0.3, -0.25) is 0 Å². The van der Waals surface area contributed by atoms with Crippen molar-refractivity contribution >= 4 is 16.9 Å². The average molecular weight is 266 g/mol. The van der Waals surface area contributed by atoms with Crippen LogP contribution in [-0.2, 0) is 10.3 Å². The van der Waals surface area contributed by atoms with E-state index < -0.39 is 5.54 Å². The van der Waals surface area contributed by atoms with Crippen LogP contribution in [0.1, 0.15) is 12.0 Å². The highest BCUT2D eigenvalue weighted by molar-refractivity contribution is 8.13. The van der Waals surface area contributed by atoms with Gasteiger partial charge in [-0.15, -0.1) is 0 Å². The quantitative estimate of drug-likeness (QED) is 0.847. The first-order valence-electron chi connectivity index (χ1n) is 6.03. The molecule has 0 aliphatic carbocycles. The number of nitrogens with two attached hydrogens (primary N) is 1. The third-order valence-electron chi connectivity index (χ3n) is 3.69. The summed E-state index contributed by atoms with van der Waals surface area (Å²) in [5.41, 5.74) is 5.83. The standard InChI is InChI=1S/C13H15FN2OS/c14-11-4-2-1-3-10(11)13-8-17-6-5-9(13)7-18-12(15)16-13/h1-4,9H,5-8H2,(H2,15,16)/t9-,13?/m0/s1. The first-order valence-corrected chi connectivity index (χ1v) is 7.02. The van der Waals surface area contributed by atoms with E-state index >= 15 is 0 Å². The molecule has 3 nitrogen and oxygen atoms in total. The summed E-state index contributed by atoms with van der Waals surface area (Å²) in [5, 5.41) is 0.528. The molecule has 1 fully saturated rings. The van der Waals surface area contributed by atoms with Crippen LogP contribution in [0.2, 0.25) is 0 Å². The Bertz CT molecular complexity index is 494. The Hall–Kier alpha value is -1.07. The van der Waals surface area contributed by atoms with Gasteiger partial charge in [0.05, 0.1) is 6.61 Å². The average Bonchev–Trinajstić information content (AvgIpc) is 2.38. The first kappa shape index (κ1) is 12.0. The predicted molar refractivity (Wildman–Crippen MR) is 71.1 cm³/mol. The second-order valence-electron chi connectivity index (χ2n) is 4.70. The number of halogens is 1. The van der Waals surface area contributed by atoms with Gasteiger partial charge < -0.3 is 10.5 Å². The van der Waals surface area contributed by atoms with Crippen LogP contribution in [0.3, 0.4) is 0 Å². The van der Waals surface area contributed by atoms with E-state index in [-0.39, 0.29) is 5.82 Å². The van der Waals surface area contributed by atoms with Gasteiger partial charge in [-0.25, -0.2) is 9.38 Å². The number of ether oxygens (including phenoxy) is 1. The molecule has 96 valence electrons.